The molecule has 0 saturated heterocycles. The fourth-order valence-corrected chi connectivity index (χ4v) is 3.07. The highest BCUT2D eigenvalue weighted by Gasteiger charge is 2.12. The first kappa shape index (κ1) is 17.9. The number of aromatic nitrogens is 3. The molecule has 28 heavy (non-hydrogen) atoms. The number of fused-ring (bicyclic) bond motifs is 1. The number of carbonyl (C=O) groups is 1. The van der Waals surface area contributed by atoms with Gasteiger partial charge >= 0.3 is 0 Å². The molecule has 0 spiro atoms. The van der Waals surface area contributed by atoms with Gasteiger partial charge in [-0.2, -0.15) is 0 Å². The van der Waals surface area contributed by atoms with E-state index in [0.717, 1.165) is 22.2 Å². The zero-order valence-electron chi connectivity index (χ0n) is 15.0. The van der Waals surface area contributed by atoms with Gasteiger partial charge < -0.3 is 10.6 Å². The van der Waals surface area contributed by atoms with E-state index in [9.17, 15) is 4.79 Å². The summed E-state index contributed by atoms with van der Waals surface area (Å²) in [5.41, 5.74) is 3.43. The number of nitrogens with one attached hydrogen (secondary N) is 2. The van der Waals surface area contributed by atoms with Crippen molar-refractivity contribution in [1.82, 2.24) is 15.0 Å². The molecular formula is C21H16ClN5O. The molecule has 7 heteroatoms. The van der Waals surface area contributed by atoms with E-state index in [4.69, 9.17) is 11.6 Å². The van der Waals surface area contributed by atoms with E-state index in [-0.39, 0.29) is 11.6 Å². The lowest BCUT2D eigenvalue weighted by molar-refractivity contribution is 0.102. The second-order valence-electron chi connectivity index (χ2n) is 6.21. The summed E-state index contributed by atoms with van der Waals surface area (Å²) in [4.78, 5) is 25.3. The molecule has 2 heterocycles. The van der Waals surface area contributed by atoms with Crippen LogP contribution in [0.2, 0.25) is 5.02 Å². The number of anilines is 3. The molecule has 2 aromatic heterocycles. The molecule has 0 aliphatic heterocycles. The Labute approximate surface area is 166 Å². The van der Waals surface area contributed by atoms with Gasteiger partial charge in [-0.1, -0.05) is 29.8 Å². The van der Waals surface area contributed by atoms with Crippen LogP contribution in [0.25, 0.3) is 10.9 Å². The SMILES string of the molecule is Cc1cc(Cl)ccc1Nc1cc(C(=O)Nc2cccc3cccnc23)ncn1. The second kappa shape index (κ2) is 7.62. The predicted octanol–water partition coefficient (Wildman–Crippen LogP) is 4.98. The minimum absolute atomic E-state index is 0.247. The van der Waals surface area contributed by atoms with E-state index in [1.165, 1.54) is 6.33 Å². The number of halogens is 1. The molecule has 0 aliphatic rings. The Bertz CT molecular complexity index is 1170. The maximum absolute atomic E-state index is 12.7. The topological polar surface area (TPSA) is 79.8 Å². The normalized spacial score (nSPS) is 10.6. The monoisotopic (exact) mass is 389 g/mol. The van der Waals surface area contributed by atoms with E-state index >= 15 is 0 Å². The maximum Gasteiger partial charge on any atom is 0.274 e. The number of nitrogens with zero attached hydrogens (tertiary/aromatic N) is 3. The van der Waals surface area contributed by atoms with E-state index in [0.29, 0.717) is 16.5 Å². The highest BCUT2D eigenvalue weighted by Crippen LogP contribution is 2.24. The zero-order chi connectivity index (χ0) is 19.5. The van der Waals surface area contributed by atoms with Gasteiger partial charge in [0.2, 0.25) is 0 Å². The minimum Gasteiger partial charge on any atom is -0.340 e. The first-order chi connectivity index (χ1) is 13.6. The summed E-state index contributed by atoms with van der Waals surface area (Å²) >= 11 is 5.99. The standard InChI is InChI=1S/C21H16ClN5O/c1-13-10-15(22)7-8-16(13)26-19-11-18(24-12-25-19)21(28)27-17-6-2-4-14-5-3-9-23-20(14)17/h2-12H,1H3,(H,27,28)(H,24,25,26). The van der Waals surface area contributed by atoms with Crippen LogP contribution in [0.4, 0.5) is 17.2 Å². The predicted molar refractivity (Wildman–Crippen MR) is 111 cm³/mol. The molecule has 0 aliphatic carbocycles. The minimum atomic E-state index is -0.337. The molecule has 4 rings (SSSR count). The molecular weight excluding hydrogens is 374 g/mol. The average Bonchev–Trinajstić information content (AvgIpc) is 2.71. The molecule has 2 N–H and O–H groups in total. The lowest BCUT2D eigenvalue weighted by atomic mass is 10.2. The second-order valence-corrected chi connectivity index (χ2v) is 6.64. The van der Waals surface area contributed by atoms with Gasteiger partial charge in [-0.3, -0.25) is 9.78 Å². The number of amides is 1. The molecule has 2 aromatic carbocycles. The highest BCUT2D eigenvalue weighted by molar-refractivity contribution is 6.30. The Morgan fingerprint density at radius 2 is 1.82 bits per heavy atom. The summed E-state index contributed by atoms with van der Waals surface area (Å²) in [6.07, 6.45) is 3.04. The number of benzene rings is 2. The molecule has 0 saturated carbocycles. The third-order valence-corrected chi connectivity index (χ3v) is 4.47. The van der Waals surface area contributed by atoms with Gasteiger partial charge in [0.25, 0.3) is 5.91 Å². The van der Waals surface area contributed by atoms with Crippen LogP contribution < -0.4 is 10.6 Å². The Morgan fingerprint density at radius 3 is 2.68 bits per heavy atom. The molecule has 1 amide bonds. The van der Waals surface area contributed by atoms with E-state index in [1.807, 2.05) is 49.4 Å². The number of hydrogen-bond acceptors (Lipinski definition) is 5. The van der Waals surface area contributed by atoms with Gasteiger partial charge in [-0.15, -0.1) is 0 Å². The Kier molecular flexibility index (Phi) is 4.87. The van der Waals surface area contributed by atoms with Gasteiger partial charge in [0.1, 0.15) is 17.8 Å². The van der Waals surface area contributed by atoms with Gasteiger partial charge in [-0.25, -0.2) is 9.97 Å². The Morgan fingerprint density at radius 1 is 0.964 bits per heavy atom. The molecule has 138 valence electrons. The number of rotatable bonds is 4. The first-order valence-corrected chi connectivity index (χ1v) is 8.98. The van der Waals surface area contributed by atoms with Crippen molar-refractivity contribution < 1.29 is 4.79 Å². The van der Waals surface area contributed by atoms with Crippen molar-refractivity contribution in [2.45, 2.75) is 6.92 Å². The van der Waals surface area contributed by atoms with Crippen LogP contribution in [-0.2, 0) is 0 Å². The van der Waals surface area contributed by atoms with E-state index in [2.05, 4.69) is 25.6 Å². The van der Waals surface area contributed by atoms with Crippen molar-refractivity contribution in [3.63, 3.8) is 0 Å². The van der Waals surface area contributed by atoms with E-state index in [1.54, 1.807) is 18.3 Å². The quantitative estimate of drug-likeness (QED) is 0.514. The van der Waals surface area contributed by atoms with Crippen molar-refractivity contribution in [3.05, 3.63) is 83.4 Å². The molecule has 0 bridgehead atoms. The lowest BCUT2D eigenvalue weighted by Crippen LogP contribution is -2.14. The van der Waals surface area contributed by atoms with Gasteiger partial charge in [0.15, 0.2) is 0 Å². The summed E-state index contributed by atoms with van der Waals surface area (Å²) in [5.74, 6) is 0.179. The van der Waals surface area contributed by atoms with Gasteiger partial charge in [0.05, 0.1) is 11.2 Å². The van der Waals surface area contributed by atoms with Gasteiger partial charge in [0, 0.05) is 28.4 Å². The number of aryl methyl sites for hydroxylation is 1. The summed E-state index contributed by atoms with van der Waals surface area (Å²) < 4.78 is 0. The van der Waals surface area contributed by atoms with Crippen LogP contribution in [0, 0.1) is 6.92 Å². The maximum atomic E-state index is 12.7. The van der Waals surface area contributed by atoms with Crippen LogP contribution in [0.15, 0.2) is 67.1 Å². The van der Waals surface area contributed by atoms with Crippen molar-refractivity contribution >= 4 is 45.6 Å². The zero-order valence-corrected chi connectivity index (χ0v) is 15.7. The number of carbonyl (C=O) groups excluding carboxylic acids is 1. The molecule has 0 atom stereocenters. The number of para-hydroxylation sites is 1. The van der Waals surface area contributed by atoms with Crippen LogP contribution in [0.1, 0.15) is 16.1 Å². The smallest absolute Gasteiger partial charge is 0.274 e. The van der Waals surface area contributed by atoms with E-state index < -0.39 is 0 Å². The molecule has 6 nitrogen and oxygen atoms in total. The van der Waals surface area contributed by atoms with Crippen LogP contribution in [-0.4, -0.2) is 20.9 Å². The van der Waals surface area contributed by atoms with Crippen LogP contribution in [0.5, 0.6) is 0 Å². The number of hydrogen-bond donors (Lipinski definition) is 2. The lowest BCUT2D eigenvalue weighted by Gasteiger charge is -2.10. The van der Waals surface area contributed by atoms with Crippen molar-refractivity contribution in [1.29, 1.82) is 0 Å². The van der Waals surface area contributed by atoms with Gasteiger partial charge in [-0.05, 0) is 42.8 Å². The Balaban J connectivity index is 1.57. The van der Waals surface area contributed by atoms with Crippen LogP contribution in [0.3, 0.4) is 0 Å². The third kappa shape index (κ3) is 3.77. The van der Waals surface area contributed by atoms with Crippen molar-refractivity contribution in [2.75, 3.05) is 10.6 Å². The molecule has 4 aromatic rings. The fraction of sp³-hybridized carbons (Fsp3) is 0.0476. The van der Waals surface area contributed by atoms with Crippen molar-refractivity contribution in [2.24, 2.45) is 0 Å². The Hall–Kier alpha value is -3.51. The third-order valence-electron chi connectivity index (χ3n) is 4.23. The summed E-state index contributed by atoms with van der Waals surface area (Å²) in [5, 5.41) is 7.67. The fourth-order valence-electron chi connectivity index (χ4n) is 2.85. The van der Waals surface area contributed by atoms with Crippen molar-refractivity contribution in [3.8, 4) is 0 Å². The summed E-state index contributed by atoms with van der Waals surface area (Å²) in [6.45, 7) is 1.94. The molecule has 0 fully saturated rings. The summed E-state index contributed by atoms with van der Waals surface area (Å²) in [7, 11) is 0. The first-order valence-electron chi connectivity index (χ1n) is 8.60. The average molecular weight is 390 g/mol. The molecule has 0 radical (unpaired) electrons. The van der Waals surface area contributed by atoms with Crippen LogP contribution >= 0.6 is 11.6 Å². The molecule has 0 unspecified atom stereocenters. The number of pyridine rings is 1. The summed E-state index contributed by atoms with van der Waals surface area (Å²) in [6, 6.07) is 16.5. The highest BCUT2D eigenvalue weighted by atomic mass is 35.5. The largest absolute Gasteiger partial charge is 0.340 e.